The molecule has 1 saturated heterocycles. The monoisotopic (exact) mass is 541 g/mol. The van der Waals surface area contributed by atoms with Crippen molar-refractivity contribution in [2.75, 3.05) is 13.1 Å². The van der Waals surface area contributed by atoms with Crippen LogP contribution in [0.1, 0.15) is 175 Å². The van der Waals surface area contributed by atoms with E-state index >= 15 is 0 Å². The van der Waals surface area contributed by atoms with Crippen molar-refractivity contribution in [2.45, 2.75) is 180 Å². The van der Waals surface area contributed by atoms with Gasteiger partial charge >= 0.3 is 5.97 Å². The van der Waals surface area contributed by atoms with E-state index in [0.29, 0.717) is 12.3 Å². The lowest BCUT2D eigenvalue weighted by Gasteiger charge is -2.36. The van der Waals surface area contributed by atoms with Crippen LogP contribution < -0.4 is 5.32 Å². The molecule has 224 valence electrons. The van der Waals surface area contributed by atoms with E-state index in [2.05, 4.69) is 49.8 Å². The van der Waals surface area contributed by atoms with Gasteiger partial charge in [-0.3, -0.25) is 4.79 Å². The standard InChI is InChI=1S/C36H63NO2/c1-4-5-6-7-8-9-10-11-12-13-14-15-16-17-18-19-20-21-22-23-24-25-26-27-28-29-35(38)39-36(2,3)34-30-32-37-33-31-34/h34,37H,4-17,22-33H2,1-3H3. The zero-order chi connectivity index (χ0) is 28.3. The van der Waals surface area contributed by atoms with Gasteiger partial charge in [-0.15, -0.1) is 0 Å². The third-order valence-corrected chi connectivity index (χ3v) is 8.28. The quantitative estimate of drug-likeness (QED) is 0.0794. The van der Waals surface area contributed by atoms with Crippen molar-refractivity contribution >= 4 is 5.97 Å². The predicted molar refractivity (Wildman–Crippen MR) is 169 cm³/mol. The number of hydrogen-bond donors (Lipinski definition) is 1. The van der Waals surface area contributed by atoms with Gasteiger partial charge < -0.3 is 10.1 Å². The van der Waals surface area contributed by atoms with Crippen molar-refractivity contribution in [3.63, 3.8) is 0 Å². The molecule has 0 saturated carbocycles. The van der Waals surface area contributed by atoms with Crippen LogP contribution in [-0.4, -0.2) is 24.7 Å². The molecule has 0 amide bonds. The second-order valence-corrected chi connectivity index (χ2v) is 12.3. The van der Waals surface area contributed by atoms with Gasteiger partial charge in [-0.1, -0.05) is 121 Å². The largest absolute Gasteiger partial charge is 0.459 e. The number of esters is 1. The summed E-state index contributed by atoms with van der Waals surface area (Å²) in [7, 11) is 0. The average Bonchev–Trinajstić information content (AvgIpc) is 2.93. The van der Waals surface area contributed by atoms with E-state index in [1.165, 1.54) is 103 Å². The highest BCUT2D eigenvalue weighted by atomic mass is 16.6. The van der Waals surface area contributed by atoms with E-state index in [0.717, 1.165) is 58.0 Å². The molecule has 1 fully saturated rings. The summed E-state index contributed by atoms with van der Waals surface area (Å²) in [4.78, 5) is 12.3. The molecule has 0 aromatic heterocycles. The molecule has 1 heterocycles. The molecule has 3 heteroatoms. The first-order chi connectivity index (χ1) is 19.1. The van der Waals surface area contributed by atoms with Gasteiger partial charge in [0.2, 0.25) is 0 Å². The number of carbonyl (C=O) groups excluding carboxylic acids is 1. The highest BCUT2D eigenvalue weighted by molar-refractivity contribution is 5.69. The van der Waals surface area contributed by atoms with Crippen LogP contribution >= 0.6 is 0 Å². The number of piperidine rings is 1. The number of carbonyl (C=O) groups is 1. The highest BCUT2D eigenvalue weighted by Gasteiger charge is 2.33. The number of ether oxygens (including phenoxy) is 1. The summed E-state index contributed by atoms with van der Waals surface area (Å²) in [6.07, 6.45) is 29.6. The van der Waals surface area contributed by atoms with Crippen LogP contribution in [0.15, 0.2) is 0 Å². The minimum Gasteiger partial charge on any atom is -0.459 e. The van der Waals surface area contributed by atoms with Crippen LogP contribution in [0.25, 0.3) is 0 Å². The lowest BCUT2D eigenvalue weighted by atomic mass is 9.83. The Kier molecular flexibility index (Phi) is 23.3. The predicted octanol–water partition coefficient (Wildman–Crippen LogP) is 9.92. The van der Waals surface area contributed by atoms with Gasteiger partial charge in [0.25, 0.3) is 0 Å². The normalized spacial score (nSPS) is 13.8. The number of hydrogen-bond acceptors (Lipinski definition) is 3. The zero-order valence-electron chi connectivity index (χ0n) is 26.3. The Morgan fingerprint density at radius 3 is 1.54 bits per heavy atom. The van der Waals surface area contributed by atoms with E-state index in [9.17, 15) is 4.79 Å². The minimum atomic E-state index is -0.337. The summed E-state index contributed by atoms with van der Waals surface area (Å²) < 4.78 is 5.84. The smallest absolute Gasteiger partial charge is 0.306 e. The van der Waals surface area contributed by atoms with E-state index < -0.39 is 0 Å². The van der Waals surface area contributed by atoms with Crippen LogP contribution in [0.4, 0.5) is 0 Å². The summed E-state index contributed by atoms with van der Waals surface area (Å²) in [5.41, 5.74) is -0.337. The van der Waals surface area contributed by atoms with Gasteiger partial charge in [0, 0.05) is 25.2 Å². The fraction of sp³-hybridized carbons (Fsp3) is 0.861. The molecular formula is C36H63NO2. The third-order valence-electron chi connectivity index (χ3n) is 8.28. The average molecular weight is 542 g/mol. The molecule has 39 heavy (non-hydrogen) atoms. The van der Waals surface area contributed by atoms with Crippen molar-refractivity contribution in [3.8, 4) is 23.7 Å². The molecule has 1 aliphatic rings. The van der Waals surface area contributed by atoms with Crippen molar-refractivity contribution in [3.05, 3.63) is 0 Å². The van der Waals surface area contributed by atoms with E-state index in [4.69, 9.17) is 4.74 Å². The maximum absolute atomic E-state index is 12.3. The number of nitrogens with one attached hydrogen (secondary N) is 1. The molecule has 0 atom stereocenters. The van der Waals surface area contributed by atoms with Crippen molar-refractivity contribution in [1.82, 2.24) is 5.32 Å². The second kappa shape index (κ2) is 25.5. The topological polar surface area (TPSA) is 38.3 Å². The summed E-state index contributed by atoms with van der Waals surface area (Å²) in [6.45, 7) is 8.51. The van der Waals surface area contributed by atoms with Gasteiger partial charge in [0.05, 0.1) is 0 Å². The van der Waals surface area contributed by atoms with Gasteiger partial charge in [-0.2, -0.15) is 0 Å². The zero-order valence-corrected chi connectivity index (χ0v) is 26.3. The lowest BCUT2D eigenvalue weighted by Crippen LogP contribution is -2.42. The molecule has 0 spiro atoms. The van der Waals surface area contributed by atoms with Crippen LogP contribution in [0.5, 0.6) is 0 Å². The molecule has 0 unspecified atom stereocenters. The Labute approximate surface area is 243 Å². The summed E-state index contributed by atoms with van der Waals surface area (Å²) in [6, 6.07) is 0. The molecule has 0 aromatic rings. The Balaban J connectivity index is 1.84. The first-order valence-corrected chi connectivity index (χ1v) is 16.9. The van der Waals surface area contributed by atoms with E-state index in [1.54, 1.807) is 0 Å². The van der Waals surface area contributed by atoms with Gasteiger partial charge in [0.15, 0.2) is 0 Å². The molecule has 0 radical (unpaired) electrons. The maximum Gasteiger partial charge on any atom is 0.306 e. The minimum absolute atomic E-state index is 0.0241. The first kappa shape index (κ1) is 35.6. The molecule has 0 aromatic carbocycles. The lowest BCUT2D eigenvalue weighted by molar-refractivity contribution is -0.162. The maximum atomic E-state index is 12.3. The molecule has 0 aliphatic carbocycles. The second-order valence-electron chi connectivity index (χ2n) is 12.3. The van der Waals surface area contributed by atoms with Gasteiger partial charge in [-0.25, -0.2) is 0 Å². The Hall–Kier alpha value is -1.45. The Bertz CT molecular complexity index is 699. The number of unbranched alkanes of at least 4 members (excludes halogenated alkanes) is 19. The molecule has 3 nitrogen and oxygen atoms in total. The Morgan fingerprint density at radius 2 is 1.08 bits per heavy atom. The number of rotatable bonds is 23. The summed E-state index contributed by atoms with van der Waals surface area (Å²) in [5.74, 6) is 13.0. The van der Waals surface area contributed by atoms with E-state index in [1.807, 2.05) is 0 Å². The highest BCUT2D eigenvalue weighted by Crippen LogP contribution is 2.29. The van der Waals surface area contributed by atoms with Crippen LogP contribution in [-0.2, 0) is 9.53 Å². The van der Waals surface area contributed by atoms with Crippen LogP contribution in [0.2, 0.25) is 0 Å². The van der Waals surface area contributed by atoms with Crippen molar-refractivity contribution in [1.29, 1.82) is 0 Å². The molecule has 1 rings (SSSR count). The van der Waals surface area contributed by atoms with Crippen LogP contribution in [0.3, 0.4) is 0 Å². The molecule has 1 aliphatic heterocycles. The summed E-state index contributed by atoms with van der Waals surface area (Å²) >= 11 is 0. The van der Waals surface area contributed by atoms with Crippen molar-refractivity contribution in [2.24, 2.45) is 5.92 Å². The van der Waals surface area contributed by atoms with Crippen molar-refractivity contribution < 1.29 is 9.53 Å². The van der Waals surface area contributed by atoms with Gasteiger partial charge in [-0.05, 0) is 70.9 Å². The first-order valence-electron chi connectivity index (χ1n) is 16.9. The SMILES string of the molecule is CCCCCCCCCCCCCCCC#CC#CCCCCCCCCC(=O)OC(C)(C)C1CCNCC1. The summed E-state index contributed by atoms with van der Waals surface area (Å²) in [5, 5.41) is 3.38. The fourth-order valence-corrected chi connectivity index (χ4v) is 5.58. The Morgan fingerprint density at radius 1 is 0.667 bits per heavy atom. The van der Waals surface area contributed by atoms with Gasteiger partial charge in [0.1, 0.15) is 5.60 Å². The van der Waals surface area contributed by atoms with E-state index in [-0.39, 0.29) is 11.6 Å². The van der Waals surface area contributed by atoms with Crippen LogP contribution in [0, 0.1) is 29.6 Å². The molecule has 1 N–H and O–H groups in total. The third kappa shape index (κ3) is 22.0. The fourth-order valence-electron chi connectivity index (χ4n) is 5.58. The molecule has 0 bridgehead atoms. The molecular weight excluding hydrogens is 478 g/mol.